The highest BCUT2D eigenvalue weighted by atomic mass is 16.5. The second kappa shape index (κ2) is 7.73. The maximum Gasteiger partial charge on any atom is 0.307 e. The predicted molar refractivity (Wildman–Crippen MR) is 90.2 cm³/mol. The standard InChI is InChI=1S/C19H27NO3/c1-4-23-18(22)11-13-20(3)19(14-15(2)21)12-7-9-16-8-5-6-10-17(16)19/h5-6,8,10H,4,7,9,11-14H2,1-3H3/t19-/m0/s1. The summed E-state index contributed by atoms with van der Waals surface area (Å²) in [7, 11) is 2.02. The molecule has 1 atom stereocenters. The first-order valence-electron chi connectivity index (χ1n) is 8.44. The van der Waals surface area contributed by atoms with Crippen LogP contribution in [-0.4, -0.2) is 36.9 Å². The van der Waals surface area contributed by atoms with Crippen LogP contribution in [0.15, 0.2) is 24.3 Å². The summed E-state index contributed by atoms with van der Waals surface area (Å²) in [4.78, 5) is 25.8. The molecule has 0 spiro atoms. The Labute approximate surface area is 138 Å². The number of ketones is 1. The Balaban J connectivity index is 2.26. The Morgan fingerprint density at radius 3 is 2.74 bits per heavy atom. The number of benzene rings is 1. The van der Waals surface area contributed by atoms with Crippen LogP contribution in [0, 0.1) is 0 Å². The molecule has 0 fully saturated rings. The average molecular weight is 317 g/mol. The molecule has 0 aliphatic heterocycles. The van der Waals surface area contributed by atoms with Crippen LogP contribution >= 0.6 is 0 Å². The first-order chi connectivity index (χ1) is 11.0. The maximum atomic E-state index is 12.0. The van der Waals surface area contributed by atoms with Gasteiger partial charge in [0.1, 0.15) is 5.78 Å². The van der Waals surface area contributed by atoms with E-state index in [1.165, 1.54) is 11.1 Å². The van der Waals surface area contributed by atoms with Crippen molar-refractivity contribution in [1.82, 2.24) is 4.90 Å². The Hall–Kier alpha value is -1.68. The number of hydrogen-bond donors (Lipinski definition) is 0. The summed E-state index contributed by atoms with van der Waals surface area (Å²) >= 11 is 0. The van der Waals surface area contributed by atoms with Crippen molar-refractivity contribution in [3.63, 3.8) is 0 Å². The third kappa shape index (κ3) is 3.99. The third-order valence-electron chi connectivity index (χ3n) is 4.78. The lowest BCUT2D eigenvalue weighted by Gasteiger charge is -2.45. The number of esters is 1. The smallest absolute Gasteiger partial charge is 0.307 e. The molecule has 1 aromatic rings. The Morgan fingerprint density at radius 1 is 1.30 bits per heavy atom. The van der Waals surface area contributed by atoms with Gasteiger partial charge in [-0.25, -0.2) is 0 Å². The number of carbonyl (C=O) groups excluding carboxylic acids is 2. The van der Waals surface area contributed by atoms with Crippen molar-refractivity contribution in [3.8, 4) is 0 Å². The summed E-state index contributed by atoms with van der Waals surface area (Å²) in [6, 6.07) is 8.39. The van der Waals surface area contributed by atoms with Gasteiger partial charge in [0.15, 0.2) is 0 Å². The number of carbonyl (C=O) groups is 2. The van der Waals surface area contributed by atoms with Crippen molar-refractivity contribution >= 4 is 11.8 Å². The van der Waals surface area contributed by atoms with Crippen LogP contribution < -0.4 is 0 Å². The van der Waals surface area contributed by atoms with Crippen molar-refractivity contribution < 1.29 is 14.3 Å². The van der Waals surface area contributed by atoms with E-state index < -0.39 is 0 Å². The van der Waals surface area contributed by atoms with Crippen LogP contribution in [0.1, 0.15) is 50.7 Å². The molecule has 4 nitrogen and oxygen atoms in total. The molecule has 0 unspecified atom stereocenters. The van der Waals surface area contributed by atoms with E-state index in [1.54, 1.807) is 6.92 Å². The number of ether oxygens (including phenoxy) is 1. The summed E-state index contributed by atoms with van der Waals surface area (Å²) in [5, 5.41) is 0. The molecule has 2 rings (SSSR count). The van der Waals surface area contributed by atoms with Gasteiger partial charge in [-0.3, -0.25) is 14.5 Å². The fourth-order valence-electron chi connectivity index (χ4n) is 3.73. The summed E-state index contributed by atoms with van der Waals surface area (Å²) in [5.74, 6) is 0.00565. The van der Waals surface area contributed by atoms with Gasteiger partial charge in [0.05, 0.1) is 18.6 Å². The zero-order valence-corrected chi connectivity index (χ0v) is 14.4. The van der Waals surface area contributed by atoms with Crippen molar-refractivity contribution in [2.45, 2.75) is 51.5 Å². The lowest BCUT2D eigenvalue weighted by molar-refractivity contribution is -0.143. The Bertz CT molecular complexity index is 569. The molecule has 0 saturated heterocycles. The first kappa shape index (κ1) is 17.7. The lowest BCUT2D eigenvalue weighted by Crippen LogP contribution is -2.48. The highest BCUT2D eigenvalue weighted by Crippen LogP contribution is 2.42. The number of fused-ring (bicyclic) bond motifs is 1. The van der Waals surface area contributed by atoms with E-state index in [0.29, 0.717) is 26.0 Å². The monoisotopic (exact) mass is 317 g/mol. The van der Waals surface area contributed by atoms with Crippen LogP contribution in [-0.2, 0) is 26.3 Å². The van der Waals surface area contributed by atoms with E-state index in [1.807, 2.05) is 20.0 Å². The van der Waals surface area contributed by atoms with Crippen molar-refractivity contribution in [2.75, 3.05) is 20.2 Å². The second-order valence-electron chi connectivity index (χ2n) is 6.40. The summed E-state index contributed by atoms with van der Waals surface area (Å²) in [5.41, 5.74) is 2.27. The second-order valence-corrected chi connectivity index (χ2v) is 6.40. The van der Waals surface area contributed by atoms with Crippen molar-refractivity contribution in [3.05, 3.63) is 35.4 Å². The number of aryl methyl sites for hydroxylation is 1. The summed E-state index contributed by atoms with van der Waals surface area (Å²) in [6.07, 6.45) is 3.91. The Kier molecular flexibility index (Phi) is 5.94. The fraction of sp³-hybridized carbons (Fsp3) is 0.579. The SMILES string of the molecule is CCOC(=O)CCN(C)[C@]1(CC(C)=O)CCCc2ccccc21. The van der Waals surface area contributed by atoms with Crippen LogP contribution in [0.2, 0.25) is 0 Å². The van der Waals surface area contributed by atoms with E-state index >= 15 is 0 Å². The molecule has 23 heavy (non-hydrogen) atoms. The van der Waals surface area contributed by atoms with Crippen molar-refractivity contribution in [1.29, 1.82) is 0 Å². The fourth-order valence-corrected chi connectivity index (χ4v) is 3.73. The summed E-state index contributed by atoms with van der Waals surface area (Å²) in [6.45, 7) is 4.47. The normalized spacial score (nSPS) is 20.2. The van der Waals surface area contributed by atoms with Gasteiger partial charge in [-0.15, -0.1) is 0 Å². The van der Waals surface area contributed by atoms with Gasteiger partial charge in [-0.2, -0.15) is 0 Å². The van der Waals surface area contributed by atoms with E-state index in [4.69, 9.17) is 4.74 Å². The minimum atomic E-state index is -0.298. The largest absolute Gasteiger partial charge is 0.466 e. The van der Waals surface area contributed by atoms with E-state index in [2.05, 4.69) is 23.1 Å². The number of nitrogens with zero attached hydrogens (tertiary/aromatic N) is 1. The van der Waals surface area contributed by atoms with E-state index in [9.17, 15) is 9.59 Å². The molecule has 0 bridgehead atoms. The van der Waals surface area contributed by atoms with Gasteiger partial charge in [0.2, 0.25) is 0 Å². The van der Waals surface area contributed by atoms with Crippen LogP contribution in [0.25, 0.3) is 0 Å². The van der Waals surface area contributed by atoms with Gasteiger partial charge in [0, 0.05) is 13.0 Å². The van der Waals surface area contributed by atoms with Gasteiger partial charge in [0.25, 0.3) is 0 Å². The highest BCUT2D eigenvalue weighted by molar-refractivity contribution is 5.77. The molecular formula is C19H27NO3. The zero-order chi connectivity index (χ0) is 16.9. The lowest BCUT2D eigenvalue weighted by atomic mass is 9.72. The van der Waals surface area contributed by atoms with Crippen LogP contribution in [0.4, 0.5) is 0 Å². The molecule has 0 heterocycles. The third-order valence-corrected chi connectivity index (χ3v) is 4.78. The van der Waals surface area contributed by atoms with Crippen LogP contribution in [0.3, 0.4) is 0 Å². The van der Waals surface area contributed by atoms with Gasteiger partial charge in [-0.1, -0.05) is 24.3 Å². The average Bonchev–Trinajstić information content (AvgIpc) is 2.52. The molecule has 126 valence electrons. The summed E-state index contributed by atoms with van der Waals surface area (Å²) < 4.78 is 5.03. The van der Waals surface area contributed by atoms with Gasteiger partial charge < -0.3 is 4.74 Å². The molecular weight excluding hydrogens is 290 g/mol. The minimum absolute atomic E-state index is 0.179. The topological polar surface area (TPSA) is 46.6 Å². The van der Waals surface area contributed by atoms with E-state index in [-0.39, 0.29) is 17.3 Å². The quantitative estimate of drug-likeness (QED) is 0.725. The molecule has 0 aromatic heterocycles. The minimum Gasteiger partial charge on any atom is -0.466 e. The Morgan fingerprint density at radius 2 is 2.04 bits per heavy atom. The highest BCUT2D eigenvalue weighted by Gasteiger charge is 2.40. The molecule has 0 saturated carbocycles. The van der Waals surface area contributed by atoms with Crippen LogP contribution in [0.5, 0.6) is 0 Å². The molecule has 0 amide bonds. The number of hydrogen-bond acceptors (Lipinski definition) is 4. The zero-order valence-electron chi connectivity index (χ0n) is 14.4. The first-order valence-corrected chi connectivity index (χ1v) is 8.44. The predicted octanol–water partition coefficient (Wildman–Crippen LogP) is 3.08. The molecule has 1 aliphatic rings. The van der Waals surface area contributed by atoms with Gasteiger partial charge in [-0.05, 0) is 51.3 Å². The molecule has 4 heteroatoms. The molecule has 1 aliphatic carbocycles. The molecule has 1 aromatic carbocycles. The maximum absolute atomic E-state index is 12.0. The van der Waals surface area contributed by atoms with Crippen molar-refractivity contribution in [2.24, 2.45) is 0 Å². The molecule has 0 radical (unpaired) electrons. The number of Topliss-reactive ketones (excluding diaryl/α,β-unsaturated/α-hetero) is 1. The van der Waals surface area contributed by atoms with E-state index in [0.717, 1.165) is 19.3 Å². The molecule has 0 N–H and O–H groups in total. The number of rotatable bonds is 7. The van der Waals surface area contributed by atoms with Gasteiger partial charge >= 0.3 is 5.97 Å².